The van der Waals surface area contributed by atoms with E-state index >= 15 is 0 Å². The van der Waals surface area contributed by atoms with Gasteiger partial charge in [0.25, 0.3) is 0 Å². The SMILES string of the molecule is N#Cc1cnn(Cc2ccc(Cl)cc2Cl)c1N. The Morgan fingerprint density at radius 3 is 2.76 bits per heavy atom. The first-order valence-corrected chi connectivity index (χ1v) is 5.52. The minimum atomic E-state index is 0.332. The van der Waals surface area contributed by atoms with Crippen molar-refractivity contribution in [2.75, 3.05) is 5.73 Å². The zero-order valence-corrected chi connectivity index (χ0v) is 10.2. The molecule has 0 radical (unpaired) electrons. The van der Waals surface area contributed by atoms with Crippen LogP contribution in [0.25, 0.3) is 0 Å². The van der Waals surface area contributed by atoms with Crippen LogP contribution in [0.15, 0.2) is 24.4 Å². The zero-order valence-electron chi connectivity index (χ0n) is 8.69. The first kappa shape index (κ1) is 11.8. The molecule has 2 rings (SSSR count). The number of hydrogen-bond donors (Lipinski definition) is 1. The predicted octanol–water partition coefficient (Wildman–Crippen LogP) is 2.69. The standard InChI is InChI=1S/C11H8Cl2N4/c12-9-2-1-7(10(13)3-9)6-17-11(15)8(4-14)5-16-17/h1-3,5H,6,15H2. The van der Waals surface area contributed by atoms with Gasteiger partial charge in [-0.25, -0.2) is 4.68 Å². The van der Waals surface area contributed by atoms with Crippen molar-refractivity contribution in [1.82, 2.24) is 9.78 Å². The molecule has 0 amide bonds. The number of nitrogens with zero attached hydrogens (tertiary/aromatic N) is 3. The number of rotatable bonds is 2. The van der Waals surface area contributed by atoms with E-state index in [1.807, 2.05) is 6.07 Å². The lowest BCUT2D eigenvalue weighted by molar-refractivity contribution is 0.697. The van der Waals surface area contributed by atoms with Crippen LogP contribution < -0.4 is 5.73 Å². The van der Waals surface area contributed by atoms with E-state index in [4.69, 9.17) is 34.2 Å². The molecule has 0 unspecified atom stereocenters. The number of hydrogen-bond acceptors (Lipinski definition) is 3. The fraction of sp³-hybridized carbons (Fsp3) is 0.0909. The highest BCUT2D eigenvalue weighted by atomic mass is 35.5. The Morgan fingerprint density at radius 2 is 2.18 bits per heavy atom. The molecule has 0 bridgehead atoms. The highest BCUT2D eigenvalue weighted by Gasteiger charge is 2.09. The molecule has 0 fully saturated rings. The van der Waals surface area contributed by atoms with Crippen molar-refractivity contribution in [3.8, 4) is 6.07 Å². The molecule has 17 heavy (non-hydrogen) atoms. The summed E-state index contributed by atoms with van der Waals surface area (Å²) in [4.78, 5) is 0. The number of nitrogens with two attached hydrogens (primary N) is 1. The van der Waals surface area contributed by atoms with Crippen LogP contribution in [0.4, 0.5) is 5.82 Å². The number of aromatic nitrogens is 2. The van der Waals surface area contributed by atoms with Gasteiger partial charge in [-0.3, -0.25) is 0 Å². The maximum atomic E-state index is 8.76. The number of nitrogen functional groups attached to an aromatic ring is 1. The fourth-order valence-corrected chi connectivity index (χ4v) is 1.89. The lowest BCUT2D eigenvalue weighted by Gasteiger charge is -2.06. The average molecular weight is 267 g/mol. The molecule has 1 aromatic heterocycles. The summed E-state index contributed by atoms with van der Waals surface area (Å²) < 4.78 is 1.52. The normalized spacial score (nSPS) is 10.2. The second-order valence-corrected chi connectivity index (χ2v) is 4.29. The fourth-order valence-electron chi connectivity index (χ4n) is 1.42. The molecule has 86 valence electrons. The van der Waals surface area contributed by atoms with E-state index in [0.29, 0.717) is 28.0 Å². The molecular formula is C11H8Cl2N4. The van der Waals surface area contributed by atoms with E-state index in [1.165, 1.54) is 10.9 Å². The molecule has 0 aliphatic rings. The molecule has 6 heteroatoms. The Morgan fingerprint density at radius 1 is 1.41 bits per heavy atom. The third-order valence-corrected chi connectivity index (χ3v) is 2.92. The van der Waals surface area contributed by atoms with E-state index in [2.05, 4.69) is 5.10 Å². The Labute approximate surface area is 108 Å². The van der Waals surface area contributed by atoms with Crippen LogP contribution in [0.2, 0.25) is 10.0 Å². The van der Waals surface area contributed by atoms with Crippen molar-refractivity contribution >= 4 is 29.0 Å². The predicted molar refractivity (Wildman–Crippen MR) is 66.9 cm³/mol. The maximum absolute atomic E-state index is 8.76. The summed E-state index contributed by atoms with van der Waals surface area (Å²) in [7, 11) is 0. The molecule has 1 heterocycles. The van der Waals surface area contributed by atoms with E-state index in [0.717, 1.165) is 5.56 Å². The summed E-state index contributed by atoms with van der Waals surface area (Å²) in [5.74, 6) is 0.332. The molecule has 4 nitrogen and oxygen atoms in total. The third kappa shape index (κ3) is 2.36. The molecule has 0 atom stereocenters. The van der Waals surface area contributed by atoms with Crippen LogP contribution in [0, 0.1) is 11.3 Å². The van der Waals surface area contributed by atoms with Crippen molar-refractivity contribution < 1.29 is 0 Å². The van der Waals surface area contributed by atoms with Gasteiger partial charge in [-0.15, -0.1) is 0 Å². The van der Waals surface area contributed by atoms with Gasteiger partial charge in [-0.1, -0.05) is 29.3 Å². The summed E-state index contributed by atoms with van der Waals surface area (Å²) in [5.41, 5.74) is 6.95. The lowest BCUT2D eigenvalue weighted by atomic mass is 10.2. The molecular weight excluding hydrogens is 259 g/mol. The molecule has 2 aromatic rings. The molecule has 1 aromatic carbocycles. The van der Waals surface area contributed by atoms with Gasteiger partial charge < -0.3 is 5.73 Å². The topological polar surface area (TPSA) is 67.6 Å². The molecule has 2 N–H and O–H groups in total. The van der Waals surface area contributed by atoms with Crippen LogP contribution in [0.3, 0.4) is 0 Å². The second kappa shape index (κ2) is 4.66. The summed E-state index contributed by atoms with van der Waals surface area (Å²) in [6, 6.07) is 7.17. The van der Waals surface area contributed by atoms with Gasteiger partial charge in [-0.2, -0.15) is 10.4 Å². The van der Waals surface area contributed by atoms with E-state index < -0.39 is 0 Å². The van der Waals surface area contributed by atoms with Gasteiger partial charge in [0, 0.05) is 10.0 Å². The Bertz CT molecular complexity index is 598. The monoisotopic (exact) mass is 266 g/mol. The zero-order chi connectivity index (χ0) is 12.4. The highest BCUT2D eigenvalue weighted by molar-refractivity contribution is 6.35. The Kier molecular flexibility index (Phi) is 3.23. The largest absolute Gasteiger partial charge is 0.383 e. The number of benzene rings is 1. The second-order valence-electron chi connectivity index (χ2n) is 3.45. The molecule has 0 spiro atoms. The van der Waals surface area contributed by atoms with Crippen molar-refractivity contribution in [2.45, 2.75) is 6.54 Å². The van der Waals surface area contributed by atoms with Gasteiger partial charge in [0.2, 0.25) is 0 Å². The van der Waals surface area contributed by atoms with Crippen LogP contribution >= 0.6 is 23.2 Å². The molecule has 0 saturated carbocycles. The van der Waals surface area contributed by atoms with Crippen LogP contribution in [-0.2, 0) is 6.54 Å². The summed E-state index contributed by atoms with van der Waals surface area (Å²) >= 11 is 11.8. The van der Waals surface area contributed by atoms with Crippen molar-refractivity contribution in [2.24, 2.45) is 0 Å². The quantitative estimate of drug-likeness (QED) is 0.909. The minimum Gasteiger partial charge on any atom is -0.383 e. The average Bonchev–Trinajstić information content (AvgIpc) is 2.64. The van der Waals surface area contributed by atoms with Crippen LogP contribution in [0.1, 0.15) is 11.1 Å². The van der Waals surface area contributed by atoms with Crippen LogP contribution in [0.5, 0.6) is 0 Å². The Hall–Kier alpha value is -1.70. The number of nitriles is 1. The minimum absolute atomic E-state index is 0.332. The van der Waals surface area contributed by atoms with Crippen molar-refractivity contribution in [3.63, 3.8) is 0 Å². The summed E-state index contributed by atoms with van der Waals surface area (Å²) in [5, 5.41) is 13.9. The summed E-state index contributed by atoms with van der Waals surface area (Å²) in [6.45, 7) is 0.406. The number of anilines is 1. The van der Waals surface area contributed by atoms with Gasteiger partial charge >= 0.3 is 0 Å². The van der Waals surface area contributed by atoms with E-state index in [1.54, 1.807) is 18.2 Å². The van der Waals surface area contributed by atoms with E-state index in [9.17, 15) is 0 Å². The van der Waals surface area contributed by atoms with E-state index in [-0.39, 0.29) is 0 Å². The summed E-state index contributed by atoms with van der Waals surface area (Å²) in [6.07, 6.45) is 1.43. The molecule has 0 aliphatic heterocycles. The first-order valence-electron chi connectivity index (χ1n) is 4.77. The number of halogens is 2. The van der Waals surface area contributed by atoms with Gasteiger partial charge in [0.1, 0.15) is 17.5 Å². The molecule has 0 aliphatic carbocycles. The lowest BCUT2D eigenvalue weighted by Crippen LogP contribution is -2.06. The Balaban J connectivity index is 2.32. The first-order chi connectivity index (χ1) is 8.11. The van der Waals surface area contributed by atoms with Gasteiger partial charge in [-0.05, 0) is 17.7 Å². The van der Waals surface area contributed by atoms with Crippen molar-refractivity contribution in [3.05, 3.63) is 45.6 Å². The van der Waals surface area contributed by atoms with Crippen LogP contribution in [-0.4, -0.2) is 9.78 Å². The maximum Gasteiger partial charge on any atom is 0.140 e. The smallest absolute Gasteiger partial charge is 0.140 e. The van der Waals surface area contributed by atoms with Crippen molar-refractivity contribution in [1.29, 1.82) is 5.26 Å². The van der Waals surface area contributed by atoms with Gasteiger partial charge in [0.05, 0.1) is 12.7 Å². The highest BCUT2D eigenvalue weighted by Crippen LogP contribution is 2.22. The van der Waals surface area contributed by atoms with Gasteiger partial charge in [0.15, 0.2) is 0 Å². The molecule has 0 saturated heterocycles. The third-order valence-electron chi connectivity index (χ3n) is 2.34.